The van der Waals surface area contributed by atoms with E-state index in [2.05, 4.69) is 39.4 Å². The Balaban J connectivity index is 1.52. The van der Waals surface area contributed by atoms with Crippen molar-refractivity contribution in [2.45, 2.75) is 31.2 Å². The lowest BCUT2D eigenvalue weighted by Crippen LogP contribution is -2.27. The van der Waals surface area contributed by atoms with Gasteiger partial charge in [-0.2, -0.15) is 4.98 Å². The average Bonchev–Trinajstić information content (AvgIpc) is 3.16. The maximum atomic E-state index is 5.94. The van der Waals surface area contributed by atoms with E-state index in [1.54, 1.807) is 0 Å². The number of H-pyrrole nitrogens is 1. The van der Waals surface area contributed by atoms with Crippen molar-refractivity contribution in [2.24, 2.45) is 5.73 Å². The van der Waals surface area contributed by atoms with E-state index in [0.717, 1.165) is 44.1 Å². The topological polar surface area (TPSA) is 70.8 Å². The Bertz CT molecular complexity index is 595. The van der Waals surface area contributed by atoms with Gasteiger partial charge in [-0.05, 0) is 30.4 Å². The molecule has 1 aromatic carbocycles. The lowest BCUT2D eigenvalue weighted by atomic mass is 10.1. The largest absolute Gasteiger partial charge is 0.338 e. The summed E-state index contributed by atoms with van der Waals surface area (Å²) in [5.41, 5.74) is 8.83. The van der Waals surface area contributed by atoms with Crippen molar-refractivity contribution in [1.82, 2.24) is 15.2 Å². The van der Waals surface area contributed by atoms with Gasteiger partial charge in [-0.15, -0.1) is 5.10 Å². The Hall–Kier alpha value is -1.88. The maximum absolute atomic E-state index is 5.94. The summed E-state index contributed by atoms with van der Waals surface area (Å²) >= 11 is 0. The van der Waals surface area contributed by atoms with Gasteiger partial charge >= 0.3 is 0 Å². The van der Waals surface area contributed by atoms with Crippen LogP contribution in [0.15, 0.2) is 24.3 Å². The van der Waals surface area contributed by atoms with E-state index in [-0.39, 0.29) is 6.04 Å². The van der Waals surface area contributed by atoms with E-state index in [0.29, 0.717) is 5.92 Å². The molecule has 1 aliphatic heterocycles. The quantitative estimate of drug-likeness (QED) is 0.860. The molecule has 1 aromatic heterocycles. The van der Waals surface area contributed by atoms with E-state index in [9.17, 15) is 0 Å². The highest BCUT2D eigenvalue weighted by molar-refractivity contribution is 5.37. The molecule has 0 saturated carbocycles. The van der Waals surface area contributed by atoms with Gasteiger partial charge < -0.3 is 10.6 Å². The SMILES string of the molecule is NC1CCN(c2n[nH]c(C3Cc4ccccc4C3)n2)C1. The molecule has 4 rings (SSSR count). The second-order valence-electron chi connectivity index (χ2n) is 5.89. The molecular weight excluding hydrogens is 250 g/mol. The highest BCUT2D eigenvalue weighted by Gasteiger charge is 2.27. The normalized spacial score (nSPS) is 22.4. The van der Waals surface area contributed by atoms with Crippen LogP contribution in [0.2, 0.25) is 0 Å². The number of fused-ring (bicyclic) bond motifs is 1. The predicted molar refractivity (Wildman–Crippen MR) is 77.8 cm³/mol. The number of hydrogen-bond donors (Lipinski definition) is 2. The fourth-order valence-corrected chi connectivity index (χ4v) is 3.31. The van der Waals surface area contributed by atoms with Crippen molar-refractivity contribution in [3.63, 3.8) is 0 Å². The molecule has 1 atom stereocenters. The fourth-order valence-electron chi connectivity index (χ4n) is 3.31. The Labute approximate surface area is 118 Å². The van der Waals surface area contributed by atoms with E-state index >= 15 is 0 Å². The number of nitrogens with zero attached hydrogens (tertiary/aromatic N) is 3. The predicted octanol–water partition coefficient (Wildman–Crippen LogP) is 1.22. The van der Waals surface area contributed by atoms with Gasteiger partial charge in [-0.1, -0.05) is 24.3 Å². The van der Waals surface area contributed by atoms with Crippen molar-refractivity contribution < 1.29 is 0 Å². The standard InChI is InChI=1S/C15H19N5/c16-13-5-6-20(9-13)15-17-14(18-19-15)12-7-10-3-1-2-4-11(10)8-12/h1-4,12-13H,5-9,16H2,(H,17,18,19). The molecule has 0 spiro atoms. The van der Waals surface area contributed by atoms with Crippen molar-refractivity contribution in [3.05, 3.63) is 41.2 Å². The van der Waals surface area contributed by atoms with Crippen LogP contribution in [-0.4, -0.2) is 34.3 Å². The molecule has 104 valence electrons. The number of nitrogens with two attached hydrogens (primary N) is 1. The fraction of sp³-hybridized carbons (Fsp3) is 0.467. The molecule has 2 aliphatic rings. The summed E-state index contributed by atoms with van der Waals surface area (Å²) in [6, 6.07) is 8.91. The zero-order valence-electron chi connectivity index (χ0n) is 11.4. The van der Waals surface area contributed by atoms with Crippen LogP contribution in [0.4, 0.5) is 5.95 Å². The van der Waals surface area contributed by atoms with Crippen LogP contribution in [0.25, 0.3) is 0 Å². The first-order valence-corrected chi connectivity index (χ1v) is 7.29. The van der Waals surface area contributed by atoms with E-state index < -0.39 is 0 Å². The van der Waals surface area contributed by atoms with Crippen molar-refractivity contribution in [1.29, 1.82) is 0 Å². The molecule has 5 nitrogen and oxygen atoms in total. The summed E-state index contributed by atoms with van der Waals surface area (Å²) in [4.78, 5) is 6.87. The minimum absolute atomic E-state index is 0.257. The average molecular weight is 269 g/mol. The molecule has 1 fully saturated rings. The summed E-state index contributed by atoms with van der Waals surface area (Å²) in [7, 11) is 0. The second-order valence-corrected chi connectivity index (χ2v) is 5.89. The second kappa shape index (κ2) is 4.59. The first-order valence-electron chi connectivity index (χ1n) is 7.29. The van der Waals surface area contributed by atoms with Crippen LogP contribution in [0, 0.1) is 0 Å². The van der Waals surface area contributed by atoms with Gasteiger partial charge in [0.15, 0.2) is 0 Å². The molecule has 20 heavy (non-hydrogen) atoms. The van der Waals surface area contributed by atoms with Gasteiger partial charge in [-0.3, -0.25) is 5.10 Å². The number of aromatic amines is 1. The van der Waals surface area contributed by atoms with Crippen LogP contribution in [0.5, 0.6) is 0 Å². The minimum atomic E-state index is 0.257. The number of hydrogen-bond acceptors (Lipinski definition) is 4. The summed E-state index contributed by atoms with van der Waals surface area (Å²) in [5, 5.41) is 7.50. The van der Waals surface area contributed by atoms with Crippen molar-refractivity contribution >= 4 is 5.95 Å². The van der Waals surface area contributed by atoms with Gasteiger partial charge in [0.25, 0.3) is 0 Å². The van der Waals surface area contributed by atoms with E-state index in [1.165, 1.54) is 11.1 Å². The molecule has 2 heterocycles. The highest BCUT2D eigenvalue weighted by Crippen LogP contribution is 2.32. The first-order chi connectivity index (χ1) is 9.79. The smallest absolute Gasteiger partial charge is 0.244 e. The van der Waals surface area contributed by atoms with E-state index in [4.69, 9.17) is 10.7 Å². The van der Waals surface area contributed by atoms with Crippen LogP contribution in [0.1, 0.15) is 29.3 Å². The van der Waals surface area contributed by atoms with Gasteiger partial charge in [0.05, 0.1) is 0 Å². The molecule has 5 heteroatoms. The zero-order chi connectivity index (χ0) is 13.5. The van der Waals surface area contributed by atoms with Crippen molar-refractivity contribution in [2.75, 3.05) is 18.0 Å². The molecule has 1 saturated heterocycles. The molecule has 1 aliphatic carbocycles. The minimum Gasteiger partial charge on any atom is -0.338 e. The third-order valence-electron chi connectivity index (χ3n) is 4.44. The lowest BCUT2D eigenvalue weighted by Gasteiger charge is -2.12. The van der Waals surface area contributed by atoms with Crippen LogP contribution in [0.3, 0.4) is 0 Å². The zero-order valence-corrected chi connectivity index (χ0v) is 11.4. The molecular formula is C15H19N5. The summed E-state index contributed by atoms with van der Waals surface area (Å²) in [5.74, 6) is 2.26. The van der Waals surface area contributed by atoms with Gasteiger partial charge in [-0.25, -0.2) is 0 Å². The summed E-state index contributed by atoms with van der Waals surface area (Å²) in [6.07, 6.45) is 3.15. The molecule has 0 bridgehead atoms. The Kier molecular flexibility index (Phi) is 2.73. The summed E-state index contributed by atoms with van der Waals surface area (Å²) in [6.45, 7) is 1.82. The molecule has 0 radical (unpaired) electrons. The molecule has 2 aromatic rings. The number of aromatic nitrogens is 3. The monoisotopic (exact) mass is 269 g/mol. The van der Waals surface area contributed by atoms with Crippen LogP contribution >= 0.6 is 0 Å². The van der Waals surface area contributed by atoms with Crippen LogP contribution < -0.4 is 10.6 Å². The van der Waals surface area contributed by atoms with E-state index in [1.807, 2.05) is 0 Å². The van der Waals surface area contributed by atoms with Crippen LogP contribution in [-0.2, 0) is 12.8 Å². The highest BCUT2D eigenvalue weighted by atomic mass is 15.4. The third-order valence-corrected chi connectivity index (χ3v) is 4.44. The Morgan fingerprint density at radius 2 is 1.95 bits per heavy atom. The number of nitrogens with one attached hydrogen (secondary N) is 1. The van der Waals surface area contributed by atoms with Gasteiger partial charge in [0.2, 0.25) is 5.95 Å². The number of anilines is 1. The van der Waals surface area contributed by atoms with Gasteiger partial charge in [0.1, 0.15) is 5.82 Å². The Morgan fingerprint density at radius 1 is 1.20 bits per heavy atom. The number of rotatable bonds is 2. The molecule has 0 amide bonds. The van der Waals surface area contributed by atoms with Gasteiger partial charge in [0, 0.05) is 25.0 Å². The number of benzene rings is 1. The Morgan fingerprint density at radius 3 is 2.60 bits per heavy atom. The maximum Gasteiger partial charge on any atom is 0.244 e. The molecule has 1 unspecified atom stereocenters. The molecule has 3 N–H and O–H groups in total. The lowest BCUT2D eigenvalue weighted by molar-refractivity contribution is 0.686. The first kappa shape index (κ1) is 11.9. The third kappa shape index (κ3) is 1.98. The van der Waals surface area contributed by atoms with Crippen molar-refractivity contribution in [3.8, 4) is 0 Å². The summed E-state index contributed by atoms with van der Waals surface area (Å²) < 4.78 is 0.